The molecule has 3 aromatic rings. The Morgan fingerprint density at radius 3 is 2.67 bits per heavy atom. The van der Waals surface area contributed by atoms with E-state index >= 15 is 0 Å². The number of rotatable bonds is 6. The van der Waals surface area contributed by atoms with Crippen LogP contribution in [0.15, 0.2) is 36.4 Å². The van der Waals surface area contributed by atoms with Crippen LogP contribution >= 0.6 is 11.6 Å². The topological polar surface area (TPSA) is 61.0 Å². The number of nitrogens with one attached hydrogen (secondary N) is 2. The maximum atomic E-state index is 12.8. The number of aromatic nitrogens is 2. The summed E-state index contributed by atoms with van der Waals surface area (Å²) in [7, 11) is 0. The summed E-state index contributed by atoms with van der Waals surface area (Å²) < 4.78 is 0. The molecule has 1 aliphatic heterocycles. The molecule has 2 aliphatic rings. The second-order valence-corrected chi connectivity index (χ2v) is 10.4. The van der Waals surface area contributed by atoms with Crippen molar-refractivity contribution < 1.29 is 4.79 Å². The number of carbonyl (C=O) groups is 1. The van der Waals surface area contributed by atoms with Gasteiger partial charge in [-0.1, -0.05) is 49.9 Å². The molecule has 174 valence electrons. The third-order valence-corrected chi connectivity index (χ3v) is 7.78. The van der Waals surface area contributed by atoms with Crippen molar-refractivity contribution in [2.75, 3.05) is 18.0 Å². The van der Waals surface area contributed by atoms with E-state index in [1.165, 1.54) is 24.9 Å². The first-order valence-corrected chi connectivity index (χ1v) is 12.7. The Kier molecular flexibility index (Phi) is 6.33. The lowest BCUT2D eigenvalue weighted by Crippen LogP contribution is -2.39. The quantitative estimate of drug-likeness (QED) is 0.470. The first kappa shape index (κ1) is 22.3. The molecule has 2 fully saturated rings. The lowest BCUT2D eigenvalue weighted by molar-refractivity contribution is -0.132. The number of nitrogens with zero attached hydrogens (tertiary/aromatic N) is 2. The molecule has 2 aromatic carbocycles. The van der Waals surface area contributed by atoms with Crippen LogP contribution in [0.25, 0.3) is 11.0 Å². The first-order chi connectivity index (χ1) is 16.0. The fraction of sp³-hybridized carbons (Fsp3) is 0.481. The van der Waals surface area contributed by atoms with Crippen LogP contribution in [0.3, 0.4) is 0 Å². The van der Waals surface area contributed by atoms with E-state index in [-0.39, 0.29) is 11.3 Å². The molecule has 0 atom stereocenters. The fourth-order valence-electron chi connectivity index (χ4n) is 5.32. The van der Waals surface area contributed by atoms with Gasteiger partial charge in [0, 0.05) is 42.2 Å². The molecular weight excluding hydrogens is 432 g/mol. The second-order valence-electron chi connectivity index (χ2n) is 9.99. The number of anilines is 1. The highest BCUT2D eigenvalue weighted by molar-refractivity contribution is 6.31. The van der Waals surface area contributed by atoms with Crippen molar-refractivity contribution in [3.05, 3.63) is 58.4 Å². The van der Waals surface area contributed by atoms with Gasteiger partial charge < -0.3 is 15.2 Å². The monoisotopic (exact) mass is 464 g/mol. The van der Waals surface area contributed by atoms with Gasteiger partial charge in [-0.15, -0.1) is 0 Å². The van der Waals surface area contributed by atoms with E-state index in [1.54, 1.807) is 0 Å². The van der Waals surface area contributed by atoms with E-state index in [1.807, 2.05) is 12.1 Å². The zero-order valence-corrected chi connectivity index (χ0v) is 20.2. The lowest BCUT2D eigenvalue weighted by atomic mass is 9.75. The zero-order valence-electron chi connectivity index (χ0n) is 19.4. The van der Waals surface area contributed by atoms with Crippen LogP contribution in [-0.4, -0.2) is 29.0 Å². The van der Waals surface area contributed by atoms with Crippen LogP contribution in [0.1, 0.15) is 68.8 Å². The molecule has 1 saturated carbocycles. The smallest absolute Gasteiger partial charge is 0.226 e. The van der Waals surface area contributed by atoms with Gasteiger partial charge in [-0.3, -0.25) is 4.79 Å². The van der Waals surface area contributed by atoms with Crippen molar-refractivity contribution in [3.8, 4) is 0 Å². The van der Waals surface area contributed by atoms with Gasteiger partial charge in [0.05, 0.1) is 11.0 Å². The minimum absolute atomic E-state index is 0.171. The van der Waals surface area contributed by atoms with Crippen molar-refractivity contribution in [1.29, 1.82) is 0 Å². The maximum Gasteiger partial charge on any atom is 0.226 e. The molecule has 1 aromatic heterocycles. The maximum absolute atomic E-state index is 12.8. The van der Waals surface area contributed by atoms with E-state index in [0.29, 0.717) is 13.0 Å². The number of fused-ring (bicyclic) bond motifs is 1. The Balaban J connectivity index is 1.28. The van der Waals surface area contributed by atoms with Crippen LogP contribution in [0.2, 0.25) is 5.02 Å². The number of imidazole rings is 1. The molecule has 2 N–H and O–H groups in total. The average Bonchev–Trinajstić information content (AvgIpc) is 3.49. The summed E-state index contributed by atoms with van der Waals surface area (Å²) in [5.41, 5.74) is 5.16. The van der Waals surface area contributed by atoms with E-state index in [4.69, 9.17) is 16.6 Å². The number of aromatic amines is 1. The van der Waals surface area contributed by atoms with Crippen molar-refractivity contribution in [2.45, 2.75) is 64.8 Å². The predicted molar refractivity (Wildman–Crippen MR) is 135 cm³/mol. The van der Waals surface area contributed by atoms with Crippen molar-refractivity contribution >= 4 is 34.2 Å². The molecule has 0 unspecified atom stereocenters. The third kappa shape index (κ3) is 4.89. The Morgan fingerprint density at radius 2 is 1.88 bits per heavy atom. The molecule has 2 heterocycles. The Bertz CT molecular complexity index is 1140. The molecule has 5 nitrogen and oxygen atoms in total. The number of amides is 1. The Hall–Kier alpha value is -2.53. The van der Waals surface area contributed by atoms with Crippen molar-refractivity contribution in [3.63, 3.8) is 0 Å². The summed E-state index contributed by atoms with van der Waals surface area (Å²) >= 11 is 6.53. The normalized spacial score (nSPS) is 18.1. The summed E-state index contributed by atoms with van der Waals surface area (Å²) in [4.78, 5) is 23.5. The highest BCUT2D eigenvalue weighted by Crippen LogP contribution is 2.36. The van der Waals surface area contributed by atoms with E-state index < -0.39 is 0 Å². The third-order valence-electron chi connectivity index (χ3n) is 7.41. The molecule has 5 rings (SSSR count). The van der Waals surface area contributed by atoms with Gasteiger partial charge in [0.1, 0.15) is 5.82 Å². The van der Waals surface area contributed by atoms with Crippen LogP contribution < -0.4 is 10.2 Å². The van der Waals surface area contributed by atoms with Gasteiger partial charge in [0.25, 0.3) is 0 Å². The van der Waals surface area contributed by atoms with Gasteiger partial charge in [0.15, 0.2) is 0 Å². The standard InChI is InChI=1S/C27H33ClN4O/c1-27(11-3-2-4-12-27)26(33)29-18-19-7-9-22(28)20(15-19)16-25-30-23-10-8-21(17-24(23)31-25)32-13-5-6-14-32/h7-10,15,17H,2-6,11-14,16,18H2,1H3,(H,29,33)(H,30,31). The van der Waals surface area contributed by atoms with Gasteiger partial charge in [0.2, 0.25) is 5.91 Å². The molecular formula is C27H33ClN4O. The minimum atomic E-state index is -0.226. The summed E-state index contributed by atoms with van der Waals surface area (Å²) in [6.45, 7) is 4.89. The van der Waals surface area contributed by atoms with Crippen molar-refractivity contribution in [2.24, 2.45) is 5.41 Å². The van der Waals surface area contributed by atoms with Crippen LogP contribution in [-0.2, 0) is 17.8 Å². The largest absolute Gasteiger partial charge is 0.371 e. The number of H-pyrrole nitrogens is 1. The molecule has 1 amide bonds. The van der Waals surface area contributed by atoms with Gasteiger partial charge >= 0.3 is 0 Å². The predicted octanol–water partition coefficient (Wildman–Crippen LogP) is 5.99. The zero-order chi connectivity index (χ0) is 22.8. The van der Waals surface area contributed by atoms with Crippen LogP contribution in [0.4, 0.5) is 5.69 Å². The summed E-state index contributed by atoms with van der Waals surface area (Å²) in [6, 6.07) is 12.5. The van der Waals surface area contributed by atoms with E-state index in [2.05, 4.69) is 46.4 Å². The minimum Gasteiger partial charge on any atom is -0.371 e. The summed E-state index contributed by atoms with van der Waals surface area (Å²) in [5, 5.41) is 3.89. The molecule has 0 radical (unpaired) electrons. The number of hydrogen-bond donors (Lipinski definition) is 2. The van der Waals surface area contributed by atoms with Gasteiger partial charge in [-0.05, 0) is 61.1 Å². The molecule has 1 saturated heterocycles. The van der Waals surface area contributed by atoms with Crippen molar-refractivity contribution in [1.82, 2.24) is 15.3 Å². The molecule has 0 bridgehead atoms. The van der Waals surface area contributed by atoms with Crippen LogP contribution in [0, 0.1) is 5.41 Å². The average molecular weight is 465 g/mol. The van der Waals surface area contributed by atoms with Crippen LogP contribution in [0.5, 0.6) is 0 Å². The number of halogens is 1. The van der Waals surface area contributed by atoms with E-state index in [9.17, 15) is 4.79 Å². The highest BCUT2D eigenvalue weighted by Gasteiger charge is 2.34. The first-order valence-electron chi connectivity index (χ1n) is 12.3. The molecule has 6 heteroatoms. The Morgan fingerprint density at radius 1 is 1.09 bits per heavy atom. The molecule has 33 heavy (non-hydrogen) atoms. The lowest BCUT2D eigenvalue weighted by Gasteiger charge is -2.32. The number of benzene rings is 2. The Labute approximate surface area is 200 Å². The summed E-state index contributed by atoms with van der Waals surface area (Å²) in [5.74, 6) is 1.08. The van der Waals surface area contributed by atoms with Gasteiger partial charge in [-0.25, -0.2) is 4.98 Å². The highest BCUT2D eigenvalue weighted by atomic mass is 35.5. The molecule has 1 aliphatic carbocycles. The van der Waals surface area contributed by atoms with E-state index in [0.717, 1.165) is 71.8 Å². The number of carbonyl (C=O) groups excluding carboxylic acids is 1. The summed E-state index contributed by atoms with van der Waals surface area (Å²) in [6.07, 6.45) is 8.66. The fourth-order valence-corrected chi connectivity index (χ4v) is 5.50. The SMILES string of the molecule is CC1(C(=O)NCc2ccc(Cl)c(Cc3nc4ccc(N5CCCC5)cc4[nH]3)c2)CCCCC1. The number of hydrogen-bond acceptors (Lipinski definition) is 3. The second kappa shape index (κ2) is 9.38. The molecule has 0 spiro atoms. The van der Waals surface area contributed by atoms with Gasteiger partial charge in [-0.2, -0.15) is 0 Å².